The predicted molar refractivity (Wildman–Crippen MR) is 99.5 cm³/mol. The Bertz CT molecular complexity index is 844. The van der Waals surface area contributed by atoms with Crippen molar-refractivity contribution >= 4 is 23.3 Å². The first-order valence-electron chi connectivity index (χ1n) is 8.20. The Morgan fingerprint density at radius 1 is 0.889 bits per heavy atom. The van der Waals surface area contributed by atoms with E-state index in [0.29, 0.717) is 22.7 Å². The summed E-state index contributed by atoms with van der Waals surface area (Å²) >= 11 is 0. The van der Waals surface area contributed by atoms with Gasteiger partial charge in [0.25, 0.3) is 5.91 Å². The number of esters is 1. The Kier molecular flexibility index (Phi) is 6.54. The number of carbonyl (C=O) groups excluding carboxylic acids is 3. The number of amides is 1. The van der Waals surface area contributed by atoms with Crippen molar-refractivity contribution < 1.29 is 28.6 Å². The summed E-state index contributed by atoms with van der Waals surface area (Å²) in [4.78, 5) is 35.8. The van der Waals surface area contributed by atoms with E-state index in [1.165, 1.54) is 40.2 Å². The molecule has 1 atom stereocenters. The molecule has 0 aliphatic carbocycles. The van der Waals surface area contributed by atoms with Crippen LogP contribution >= 0.6 is 0 Å². The molecule has 0 bridgehead atoms. The smallest absolute Gasteiger partial charge is 0.339 e. The molecule has 0 heterocycles. The lowest BCUT2D eigenvalue weighted by atomic mass is 10.1. The van der Waals surface area contributed by atoms with Gasteiger partial charge in [0.1, 0.15) is 0 Å². The van der Waals surface area contributed by atoms with Crippen molar-refractivity contribution in [1.29, 1.82) is 0 Å². The SMILES string of the molecule is COc1ccc(C(=O)O[C@@H](C)C(=O)Nc2ccc(C(C)=O)cc2)cc1OC. The van der Waals surface area contributed by atoms with Crippen molar-refractivity contribution in [2.45, 2.75) is 20.0 Å². The number of carbonyl (C=O) groups is 3. The minimum atomic E-state index is -1.02. The van der Waals surface area contributed by atoms with E-state index in [1.807, 2.05) is 0 Å². The Morgan fingerprint density at radius 2 is 1.48 bits per heavy atom. The van der Waals surface area contributed by atoms with Crippen LogP contribution in [0.1, 0.15) is 34.6 Å². The van der Waals surface area contributed by atoms with Crippen molar-refractivity contribution in [3.05, 3.63) is 53.6 Å². The van der Waals surface area contributed by atoms with Gasteiger partial charge in [-0.2, -0.15) is 0 Å². The molecule has 1 amide bonds. The van der Waals surface area contributed by atoms with Gasteiger partial charge in [0.05, 0.1) is 19.8 Å². The summed E-state index contributed by atoms with van der Waals surface area (Å²) in [6.45, 7) is 2.93. The average Bonchev–Trinajstić information content (AvgIpc) is 2.67. The number of ketones is 1. The zero-order chi connectivity index (χ0) is 20.0. The van der Waals surface area contributed by atoms with Crippen LogP contribution in [0.25, 0.3) is 0 Å². The zero-order valence-electron chi connectivity index (χ0n) is 15.6. The van der Waals surface area contributed by atoms with Gasteiger partial charge in [-0.05, 0) is 56.3 Å². The zero-order valence-corrected chi connectivity index (χ0v) is 15.6. The minimum absolute atomic E-state index is 0.0647. The molecular weight excluding hydrogens is 350 g/mol. The summed E-state index contributed by atoms with van der Waals surface area (Å²) in [7, 11) is 2.95. The van der Waals surface area contributed by atoms with E-state index in [1.54, 1.807) is 30.3 Å². The maximum Gasteiger partial charge on any atom is 0.339 e. The second kappa shape index (κ2) is 8.84. The summed E-state index contributed by atoms with van der Waals surface area (Å²) in [5.41, 5.74) is 1.28. The Labute approximate surface area is 157 Å². The largest absolute Gasteiger partial charge is 0.493 e. The summed E-state index contributed by atoms with van der Waals surface area (Å²) in [5, 5.41) is 2.63. The van der Waals surface area contributed by atoms with E-state index in [0.717, 1.165) is 0 Å². The molecule has 7 heteroatoms. The molecule has 0 aromatic heterocycles. The van der Waals surface area contributed by atoms with Gasteiger partial charge in [0, 0.05) is 11.3 Å². The van der Waals surface area contributed by atoms with Crippen LogP contribution in [0.4, 0.5) is 5.69 Å². The Morgan fingerprint density at radius 3 is 2.04 bits per heavy atom. The Hall–Kier alpha value is -3.35. The number of hydrogen-bond donors (Lipinski definition) is 1. The highest BCUT2D eigenvalue weighted by Crippen LogP contribution is 2.28. The van der Waals surface area contributed by atoms with Crippen molar-refractivity contribution in [3.8, 4) is 11.5 Å². The highest BCUT2D eigenvalue weighted by molar-refractivity contribution is 5.98. The number of anilines is 1. The fourth-order valence-electron chi connectivity index (χ4n) is 2.28. The van der Waals surface area contributed by atoms with Crippen molar-refractivity contribution in [2.24, 2.45) is 0 Å². The molecule has 0 fully saturated rings. The predicted octanol–water partition coefficient (Wildman–Crippen LogP) is 3.09. The third-order valence-electron chi connectivity index (χ3n) is 3.83. The minimum Gasteiger partial charge on any atom is -0.493 e. The number of hydrogen-bond acceptors (Lipinski definition) is 6. The molecule has 0 radical (unpaired) electrons. The molecular formula is C20H21NO6. The van der Waals surface area contributed by atoms with Crippen LogP contribution in [0.3, 0.4) is 0 Å². The van der Waals surface area contributed by atoms with E-state index in [9.17, 15) is 14.4 Å². The van der Waals surface area contributed by atoms with Gasteiger partial charge in [-0.3, -0.25) is 9.59 Å². The van der Waals surface area contributed by atoms with Gasteiger partial charge < -0.3 is 19.5 Å². The molecule has 7 nitrogen and oxygen atoms in total. The lowest BCUT2D eigenvalue weighted by Gasteiger charge is -2.14. The maximum atomic E-state index is 12.3. The first-order valence-corrected chi connectivity index (χ1v) is 8.20. The molecule has 27 heavy (non-hydrogen) atoms. The van der Waals surface area contributed by atoms with Crippen LogP contribution in [-0.4, -0.2) is 38.0 Å². The topological polar surface area (TPSA) is 90.9 Å². The number of Topliss-reactive ketones (excluding diaryl/α,β-unsaturated/α-hetero) is 1. The van der Waals surface area contributed by atoms with E-state index < -0.39 is 18.0 Å². The third-order valence-corrected chi connectivity index (χ3v) is 3.83. The standard InChI is InChI=1S/C20H21NO6/c1-12(22)14-5-8-16(9-6-14)21-19(23)13(2)27-20(24)15-7-10-17(25-3)18(11-15)26-4/h5-11,13H,1-4H3,(H,21,23)/t13-/m0/s1. The third kappa shape index (κ3) is 5.07. The number of rotatable bonds is 7. The van der Waals surface area contributed by atoms with Gasteiger partial charge in [0.2, 0.25) is 0 Å². The van der Waals surface area contributed by atoms with Gasteiger partial charge in [0.15, 0.2) is 23.4 Å². The van der Waals surface area contributed by atoms with Gasteiger partial charge in [-0.15, -0.1) is 0 Å². The fraction of sp³-hybridized carbons (Fsp3) is 0.250. The monoisotopic (exact) mass is 371 g/mol. The molecule has 0 saturated carbocycles. The van der Waals surface area contributed by atoms with Gasteiger partial charge in [-0.1, -0.05) is 0 Å². The normalized spacial score (nSPS) is 11.3. The van der Waals surface area contributed by atoms with E-state index in [-0.39, 0.29) is 11.3 Å². The van der Waals surface area contributed by atoms with Crippen LogP contribution in [-0.2, 0) is 9.53 Å². The Balaban J connectivity index is 2.01. The number of nitrogens with one attached hydrogen (secondary N) is 1. The van der Waals surface area contributed by atoms with Crippen molar-refractivity contribution in [2.75, 3.05) is 19.5 Å². The summed E-state index contributed by atoms with van der Waals surface area (Å²) < 4.78 is 15.5. The number of ether oxygens (including phenoxy) is 3. The highest BCUT2D eigenvalue weighted by Gasteiger charge is 2.20. The first kappa shape index (κ1) is 20.0. The van der Waals surface area contributed by atoms with E-state index >= 15 is 0 Å². The molecule has 2 rings (SSSR count). The van der Waals surface area contributed by atoms with Crippen molar-refractivity contribution in [1.82, 2.24) is 0 Å². The van der Waals surface area contributed by atoms with Crippen LogP contribution < -0.4 is 14.8 Å². The molecule has 2 aromatic carbocycles. The second-order valence-corrected chi connectivity index (χ2v) is 5.74. The average molecular weight is 371 g/mol. The number of methoxy groups -OCH3 is 2. The van der Waals surface area contributed by atoms with Gasteiger partial charge >= 0.3 is 5.97 Å². The summed E-state index contributed by atoms with van der Waals surface area (Å²) in [5.74, 6) is -0.349. The molecule has 0 aliphatic rings. The quantitative estimate of drug-likeness (QED) is 0.594. The van der Waals surface area contributed by atoms with Crippen LogP contribution in [0, 0.1) is 0 Å². The van der Waals surface area contributed by atoms with E-state index in [4.69, 9.17) is 14.2 Å². The van der Waals surface area contributed by atoms with Crippen LogP contribution in [0.5, 0.6) is 11.5 Å². The molecule has 2 aromatic rings. The first-order chi connectivity index (χ1) is 12.8. The lowest BCUT2D eigenvalue weighted by Crippen LogP contribution is -2.30. The van der Waals surface area contributed by atoms with Crippen molar-refractivity contribution in [3.63, 3.8) is 0 Å². The molecule has 0 saturated heterocycles. The molecule has 0 aliphatic heterocycles. The molecule has 0 unspecified atom stereocenters. The summed E-state index contributed by atoms with van der Waals surface area (Å²) in [6.07, 6.45) is -1.02. The van der Waals surface area contributed by atoms with Gasteiger partial charge in [-0.25, -0.2) is 4.79 Å². The lowest BCUT2D eigenvalue weighted by molar-refractivity contribution is -0.123. The van der Waals surface area contributed by atoms with E-state index in [2.05, 4.69) is 5.32 Å². The summed E-state index contributed by atoms with van der Waals surface area (Å²) in [6, 6.07) is 11.0. The maximum absolute atomic E-state index is 12.3. The molecule has 142 valence electrons. The highest BCUT2D eigenvalue weighted by atomic mass is 16.5. The molecule has 1 N–H and O–H groups in total. The second-order valence-electron chi connectivity index (χ2n) is 5.74. The number of benzene rings is 2. The van der Waals surface area contributed by atoms with Crippen LogP contribution in [0.15, 0.2) is 42.5 Å². The van der Waals surface area contributed by atoms with Crippen LogP contribution in [0.2, 0.25) is 0 Å². The molecule has 0 spiro atoms. The fourth-order valence-corrected chi connectivity index (χ4v) is 2.28.